The van der Waals surface area contributed by atoms with Gasteiger partial charge < -0.3 is 24.8 Å². The van der Waals surface area contributed by atoms with Crippen molar-refractivity contribution in [2.75, 3.05) is 6.54 Å². The fourth-order valence-corrected chi connectivity index (χ4v) is 4.47. The van der Waals surface area contributed by atoms with Crippen LogP contribution in [-0.4, -0.2) is 52.7 Å². The van der Waals surface area contributed by atoms with Gasteiger partial charge in [0.05, 0.1) is 6.54 Å². The Bertz CT molecular complexity index is 1480. The highest BCUT2D eigenvalue weighted by Gasteiger charge is 2.30. The standard InChI is InChI=1S/C34H36N2O6/c1-24(2)36(21-31(37)33(39)42-23-26-13-7-4-8-14-26)34(40)35-30(32(38)41-22-25-11-5-3-6-12-25)20-27-17-18-28-15-9-10-16-29(28)19-27/h3-19,24,30-31,37H,20-23H2,1-2H3,(H,35,40)/t30-,31?/m0/s1. The minimum atomic E-state index is -1.56. The van der Waals surface area contributed by atoms with Gasteiger partial charge in [-0.2, -0.15) is 0 Å². The Morgan fingerprint density at radius 1 is 0.714 bits per heavy atom. The third kappa shape index (κ3) is 8.65. The number of aliphatic hydroxyl groups excluding tert-OH is 1. The number of carbonyl (C=O) groups is 3. The Balaban J connectivity index is 1.45. The number of hydrogen-bond acceptors (Lipinski definition) is 6. The largest absolute Gasteiger partial charge is 0.459 e. The molecule has 0 aliphatic heterocycles. The van der Waals surface area contributed by atoms with Crippen LogP contribution in [0.25, 0.3) is 10.8 Å². The van der Waals surface area contributed by atoms with Gasteiger partial charge in [-0.15, -0.1) is 0 Å². The van der Waals surface area contributed by atoms with E-state index < -0.39 is 30.1 Å². The van der Waals surface area contributed by atoms with Crippen molar-refractivity contribution in [1.82, 2.24) is 10.2 Å². The first kappa shape index (κ1) is 30.3. The molecule has 0 saturated carbocycles. The van der Waals surface area contributed by atoms with Gasteiger partial charge in [0.15, 0.2) is 6.10 Å². The van der Waals surface area contributed by atoms with Crippen LogP contribution in [0.2, 0.25) is 0 Å². The summed E-state index contributed by atoms with van der Waals surface area (Å²) in [6, 6.07) is 30.1. The van der Waals surface area contributed by atoms with Crippen LogP contribution in [0.3, 0.4) is 0 Å². The molecule has 2 atom stereocenters. The number of benzene rings is 4. The van der Waals surface area contributed by atoms with Crippen LogP contribution in [0.1, 0.15) is 30.5 Å². The predicted molar refractivity (Wildman–Crippen MR) is 160 cm³/mol. The maximum absolute atomic E-state index is 13.5. The molecular weight excluding hydrogens is 532 g/mol. The highest BCUT2D eigenvalue weighted by Crippen LogP contribution is 2.18. The normalized spacial score (nSPS) is 12.4. The Kier molecular flexibility index (Phi) is 10.7. The quantitative estimate of drug-likeness (QED) is 0.233. The molecule has 1 unspecified atom stereocenters. The van der Waals surface area contributed by atoms with E-state index >= 15 is 0 Å². The first-order valence-corrected chi connectivity index (χ1v) is 13.9. The molecule has 8 heteroatoms. The van der Waals surface area contributed by atoms with Gasteiger partial charge in [0.25, 0.3) is 0 Å². The van der Waals surface area contributed by atoms with Gasteiger partial charge in [-0.3, -0.25) is 0 Å². The number of esters is 2. The number of hydrogen-bond donors (Lipinski definition) is 2. The molecule has 42 heavy (non-hydrogen) atoms. The third-order valence-electron chi connectivity index (χ3n) is 6.81. The number of rotatable bonds is 12. The van der Waals surface area contributed by atoms with Crippen molar-refractivity contribution in [1.29, 1.82) is 0 Å². The molecule has 2 N–H and O–H groups in total. The van der Waals surface area contributed by atoms with Gasteiger partial charge >= 0.3 is 18.0 Å². The topological polar surface area (TPSA) is 105 Å². The number of nitrogens with zero attached hydrogens (tertiary/aromatic N) is 1. The highest BCUT2D eigenvalue weighted by atomic mass is 16.5. The van der Waals surface area contributed by atoms with Crippen molar-refractivity contribution in [3.8, 4) is 0 Å². The summed E-state index contributed by atoms with van der Waals surface area (Å²) in [5, 5.41) is 15.4. The van der Waals surface area contributed by atoms with E-state index in [1.807, 2.05) is 91.0 Å². The predicted octanol–water partition coefficient (Wildman–Crippen LogP) is 5.02. The van der Waals surface area contributed by atoms with E-state index in [1.54, 1.807) is 26.0 Å². The number of nitrogens with one attached hydrogen (secondary N) is 1. The average Bonchev–Trinajstić information content (AvgIpc) is 3.01. The maximum atomic E-state index is 13.5. The number of urea groups is 1. The van der Waals surface area contributed by atoms with E-state index in [1.165, 1.54) is 4.90 Å². The zero-order valence-corrected chi connectivity index (χ0v) is 23.8. The van der Waals surface area contributed by atoms with Crippen molar-refractivity contribution in [2.45, 2.75) is 51.7 Å². The second kappa shape index (κ2) is 14.8. The molecule has 4 aromatic carbocycles. The van der Waals surface area contributed by atoms with Gasteiger partial charge in [0.1, 0.15) is 19.3 Å². The SMILES string of the molecule is CC(C)N(CC(O)C(=O)OCc1ccccc1)C(=O)N[C@@H](Cc1ccc2ccccc2c1)C(=O)OCc1ccccc1. The van der Waals surface area contributed by atoms with E-state index in [2.05, 4.69) is 5.32 Å². The summed E-state index contributed by atoms with van der Waals surface area (Å²) in [6.45, 7) is 3.27. The van der Waals surface area contributed by atoms with E-state index in [9.17, 15) is 19.5 Å². The molecule has 0 aliphatic rings. The summed E-state index contributed by atoms with van der Waals surface area (Å²) in [5.41, 5.74) is 2.45. The molecule has 0 saturated heterocycles. The molecular formula is C34H36N2O6. The van der Waals surface area contributed by atoms with Gasteiger partial charge in [-0.1, -0.05) is 103 Å². The molecule has 218 valence electrons. The Morgan fingerprint density at radius 2 is 1.26 bits per heavy atom. The van der Waals surface area contributed by atoms with Crippen LogP contribution in [0.5, 0.6) is 0 Å². The summed E-state index contributed by atoms with van der Waals surface area (Å²) >= 11 is 0. The van der Waals surface area contributed by atoms with Gasteiger partial charge in [-0.05, 0) is 41.3 Å². The van der Waals surface area contributed by atoms with Crippen LogP contribution in [0.4, 0.5) is 4.79 Å². The molecule has 0 bridgehead atoms. The van der Waals surface area contributed by atoms with Gasteiger partial charge in [0.2, 0.25) is 0 Å². The lowest BCUT2D eigenvalue weighted by Crippen LogP contribution is -2.53. The number of aliphatic hydroxyl groups is 1. The number of amides is 2. The summed E-state index contributed by atoms with van der Waals surface area (Å²) in [7, 11) is 0. The Hall–Kier alpha value is -4.69. The van der Waals surface area contributed by atoms with Crippen LogP contribution >= 0.6 is 0 Å². The van der Waals surface area contributed by atoms with Crippen LogP contribution < -0.4 is 5.32 Å². The second-order valence-corrected chi connectivity index (χ2v) is 10.3. The van der Waals surface area contributed by atoms with Crippen molar-refractivity contribution in [2.24, 2.45) is 0 Å². The molecule has 0 aliphatic carbocycles. The summed E-state index contributed by atoms with van der Waals surface area (Å²) in [5.74, 6) is -1.43. The lowest BCUT2D eigenvalue weighted by atomic mass is 10.0. The summed E-state index contributed by atoms with van der Waals surface area (Å²) in [4.78, 5) is 40.5. The average molecular weight is 569 g/mol. The van der Waals surface area contributed by atoms with Crippen molar-refractivity contribution in [3.63, 3.8) is 0 Å². The summed E-state index contributed by atoms with van der Waals surface area (Å²) in [6.07, 6.45) is -1.37. The van der Waals surface area contributed by atoms with Crippen molar-refractivity contribution < 1.29 is 29.0 Å². The minimum absolute atomic E-state index is 0.00565. The van der Waals surface area contributed by atoms with Gasteiger partial charge in [0, 0.05) is 12.5 Å². The molecule has 0 heterocycles. The first-order valence-electron chi connectivity index (χ1n) is 13.9. The second-order valence-electron chi connectivity index (χ2n) is 10.3. The van der Waals surface area contributed by atoms with Crippen molar-refractivity contribution >= 4 is 28.7 Å². The molecule has 0 aromatic heterocycles. The molecule has 0 radical (unpaired) electrons. The Labute approximate surface area is 245 Å². The molecule has 4 rings (SSSR count). The van der Waals surface area contributed by atoms with Crippen LogP contribution in [-0.2, 0) is 38.7 Å². The summed E-state index contributed by atoms with van der Waals surface area (Å²) < 4.78 is 10.8. The molecule has 2 amide bonds. The number of ether oxygens (including phenoxy) is 2. The number of fused-ring (bicyclic) bond motifs is 1. The van der Waals surface area contributed by atoms with E-state index in [4.69, 9.17) is 9.47 Å². The zero-order valence-electron chi connectivity index (χ0n) is 23.8. The molecule has 4 aromatic rings. The minimum Gasteiger partial charge on any atom is -0.459 e. The van der Waals surface area contributed by atoms with Crippen molar-refractivity contribution in [3.05, 3.63) is 120 Å². The lowest BCUT2D eigenvalue weighted by Gasteiger charge is -2.30. The monoisotopic (exact) mass is 568 g/mol. The van der Waals surface area contributed by atoms with E-state index in [0.29, 0.717) is 0 Å². The van der Waals surface area contributed by atoms with Gasteiger partial charge in [-0.25, -0.2) is 14.4 Å². The van der Waals surface area contributed by atoms with Crippen LogP contribution in [0.15, 0.2) is 103 Å². The van der Waals surface area contributed by atoms with E-state index in [-0.39, 0.29) is 32.2 Å². The lowest BCUT2D eigenvalue weighted by molar-refractivity contribution is -0.155. The first-order chi connectivity index (χ1) is 20.3. The maximum Gasteiger partial charge on any atom is 0.337 e. The van der Waals surface area contributed by atoms with Crippen LogP contribution in [0, 0.1) is 0 Å². The Morgan fingerprint density at radius 3 is 1.86 bits per heavy atom. The molecule has 0 fully saturated rings. The smallest absolute Gasteiger partial charge is 0.337 e. The third-order valence-corrected chi connectivity index (χ3v) is 6.81. The fourth-order valence-electron chi connectivity index (χ4n) is 4.47. The van der Waals surface area contributed by atoms with E-state index in [0.717, 1.165) is 27.5 Å². The molecule has 0 spiro atoms. The fraction of sp³-hybridized carbons (Fsp3) is 0.265. The number of carbonyl (C=O) groups excluding carboxylic acids is 3. The highest BCUT2D eigenvalue weighted by molar-refractivity contribution is 5.86. The zero-order chi connectivity index (χ0) is 29.9. The molecule has 8 nitrogen and oxygen atoms in total.